The highest BCUT2D eigenvalue weighted by Crippen LogP contribution is 2.38. The second-order valence-corrected chi connectivity index (χ2v) is 8.27. The molecule has 9 heteroatoms. The largest absolute Gasteiger partial charge is 0.397 e. The van der Waals surface area contributed by atoms with Crippen molar-refractivity contribution in [2.24, 2.45) is 0 Å². The number of pyridine rings is 2. The van der Waals surface area contributed by atoms with Crippen LogP contribution in [0.1, 0.15) is 19.5 Å². The molecule has 8 nitrogen and oxygen atoms in total. The number of nitrogens with zero attached hydrogens (tertiary/aromatic N) is 3. The monoisotopic (exact) mass is 446 g/mol. The molecular weight excluding hydrogens is 424 g/mol. The molecular formula is C23H22N6O2S. The molecule has 2 amide bonds. The Balaban J connectivity index is 1.80. The van der Waals surface area contributed by atoms with Crippen LogP contribution in [0.3, 0.4) is 0 Å². The van der Waals surface area contributed by atoms with Crippen LogP contribution in [0.15, 0.2) is 48.8 Å². The number of hydrogen-bond acceptors (Lipinski definition) is 7. The van der Waals surface area contributed by atoms with Gasteiger partial charge in [-0.25, -0.2) is 9.78 Å². The zero-order valence-electron chi connectivity index (χ0n) is 17.7. The molecule has 0 aliphatic heterocycles. The van der Waals surface area contributed by atoms with E-state index in [0.29, 0.717) is 23.8 Å². The number of rotatable bonds is 6. The molecule has 32 heavy (non-hydrogen) atoms. The first-order chi connectivity index (χ1) is 15.4. The van der Waals surface area contributed by atoms with E-state index in [4.69, 9.17) is 5.73 Å². The summed E-state index contributed by atoms with van der Waals surface area (Å²) >= 11 is 1.38. The fourth-order valence-electron chi connectivity index (χ4n) is 3.26. The minimum absolute atomic E-state index is 0.0676. The Morgan fingerprint density at radius 3 is 2.56 bits per heavy atom. The molecule has 0 atom stereocenters. The summed E-state index contributed by atoms with van der Waals surface area (Å²) in [6, 6.07) is 11.1. The molecule has 4 rings (SSSR count). The van der Waals surface area contributed by atoms with Gasteiger partial charge in [0.15, 0.2) is 5.13 Å². The second kappa shape index (κ2) is 9.11. The number of nitrogens with one attached hydrogen (secondary N) is 2. The summed E-state index contributed by atoms with van der Waals surface area (Å²) in [7, 11) is 0. The van der Waals surface area contributed by atoms with Crippen LogP contribution in [-0.4, -0.2) is 33.3 Å². The molecule has 1 aromatic carbocycles. The van der Waals surface area contributed by atoms with Gasteiger partial charge < -0.3 is 11.1 Å². The van der Waals surface area contributed by atoms with Crippen LogP contribution in [0.5, 0.6) is 0 Å². The number of fused-ring (bicyclic) bond motifs is 1. The third-order valence-electron chi connectivity index (χ3n) is 4.70. The smallest absolute Gasteiger partial charge is 0.321 e. The Kier molecular flexibility index (Phi) is 6.09. The van der Waals surface area contributed by atoms with Crippen LogP contribution in [0.4, 0.5) is 15.6 Å². The van der Waals surface area contributed by atoms with Crippen molar-refractivity contribution in [1.82, 2.24) is 20.3 Å². The molecule has 0 unspecified atom stereocenters. The highest BCUT2D eigenvalue weighted by atomic mass is 32.1. The summed E-state index contributed by atoms with van der Waals surface area (Å²) in [6.45, 7) is 3.92. The standard InChI is InChI=1S/C23H22N6O2S/c1-3-25-22(31)29-23-28-20-10-15(14-4-6-17(26-11-14)8-13(2)30)9-18(21(20)32-23)19-7-5-16(24)12-27-19/h4-7,9-12H,3,8,24H2,1-2H3,(H2,25,28,29,31). The lowest BCUT2D eigenvalue weighted by Gasteiger charge is -2.08. The average molecular weight is 447 g/mol. The topological polar surface area (TPSA) is 123 Å². The molecule has 0 spiro atoms. The zero-order chi connectivity index (χ0) is 22.7. The van der Waals surface area contributed by atoms with E-state index in [-0.39, 0.29) is 11.8 Å². The van der Waals surface area contributed by atoms with Gasteiger partial charge in [-0.05, 0) is 49.7 Å². The van der Waals surface area contributed by atoms with Crippen molar-refractivity contribution in [3.8, 4) is 22.4 Å². The zero-order valence-corrected chi connectivity index (χ0v) is 18.5. The van der Waals surface area contributed by atoms with Crippen LogP contribution in [0.2, 0.25) is 0 Å². The van der Waals surface area contributed by atoms with E-state index in [9.17, 15) is 9.59 Å². The number of carbonyl (C=O) groups is 2. The van der Waals surface area contributed by atoms with Crippen molar-refractivity contribution in [3.63, 3.8) is 0 Å². The number of hydrogen-bond donors (Lipinski definition) is 3. The molecule has 4 aromatic rings. The molecule has 0 saturated carbocycles. The number of thiazole rings is 1. The Labute approximate surface area is 188 Å². The number of amides is 2. The Hall–Kier alpha value is -3.85. The number of carbonyl (C=O) groups excluding carboxylic acids is 2. The number of benzene rings is 1. The number of aromatic nitrogens is 3. The third-order valence-corrected chi connectivity index (χ3v) is 5.72. The minimum atomic E-state index is -0.302. The van der Waals surface area contributed by atoms with Gasteiger partial charge in [0.05, 0.1) is 27.8 Å². The first-order valence-corrected chi connectivity index (χ1v) is 10.9. The van der Waals surface area contributed by atoms with Gasteiger partial charge in [-0.3, -0.25) is 20.1 Å². The van der Waals surface area contributed by atoms with Gasteiger partial charge in [-0.2, -0.15) is 0 Å². The first-order valence-electron chi connectivity index (χ1n) is 10.1. The van der Waals surface area contributed by atoms with Crippen molar-refractivity contribution < 1.29 is 9.59 Å². The maximum atomic E-state index is 12.0. The summed E-state index contributed by atoms with van der Waals surface area (Å²) in [5, 5.41) is 5.98. The fourth-order valence-corrected chi connectivity index (χ4v) is 4.23. The summed E-state index contributed by atoms with van der Waals surface area (Å²) in [5.41, 5.74) is 11.3. The van der Waals surface area contributed by atoms with Crippen molar-refractivity contribution in [1.29, 1.82) is 0 Å². The van der Waals surface area contributed by atoms with Gasteiger partial charge in [0.25, 0.3) is 0 Å². The third kappa shape index (κ3) is 4.73. The van der Waals surface area contributed by atoms with Gasteiger partial charge in [0, 0.05) is 36.0 Å². The molecule has 0 aliphatic carbocycles. The van der Waals surface area contributed by atoms with Gasteiger partial charge in [0.2, 0.25) is 0 Å². The van der Waals surface area contributed by atoms with Crippen molar-refractivity contribution in [2.45, 2.75) is 20.3 Å². The van der Waals surface area contributed by atoms with Crippen LogP contribution >= 0.6 is 11.3 Å². The number of anilines is 2. The Morgan fingerprint density at radius 1 is 1.06 bits per heavy atom. The van der Waals surface area contributed by atoms with Crippen LogP contribution in [0, 0.1) is 0 Å². The van der Waals surface area contributed by atoms with Crippen molar-refractivity contribution in [3.05, 3.63) is 54.5 Å². The van der Waals surface area contributed by atoms with E-state index in [1.807, 2.05) is 37.3 Å². The van der Waals surface area contributed by atoms with Gasteiger partial charge in [0.1, 0.15) is 5.78 Å². The normalized spacial score (nSPS) is 10.8. The van der Waals surface area contributed by atoms with E-state index < -0.39 is 0 Å². The molecule has 0 saturated heterocycles. The molecule has 3 heterocycles. The molecule has 162 valence electrons. The lowest BCUT2D eigenvalue weighted by molar-refractivity contribution is -0.116. The van der Waals surface area contributed by atoms with Crippen LogP contribution in [-0.2, 0) is 11.2 Å². The van der Waals surface area contributed by atoms with E-state index in [1.165, 1.54) is 11.3 Å². The van der Waals surface area contributed by atoms with Crippen LogP contribution < -0.4 is 16.4 Å². The van der Waals surface area contributed by atoms with E-state index in [2.05, 4.69) is 25.6 Å². The number of urea groups is 1. The van der Waals surface area contributed by atoms with E-state index in [1.54, 1.807) is 25.4 Å². The number of nitrogens with two attached hydrogens (primary N) is 1. The maximum absolute atomic E-state index is 12.0. The number of Topliss-reactive ketones (excluding diaryl/α,β-unsaturated/α-hetero) is 1. The van der Waals surface area contributed by atoms with Crippen molar-refractivity contribution in [2.75, 3.05) is 17.6 Å². The summed E-state index contributed by atoms with van der Waals surface area (Å²) in [6.07, 6.45) is 3.67. The predicted octanol–water partition coefficient (Wildman–Crippen LogP) is 4.28. The molecule has 4 N–H and O–H groups in total. The van der Waals surface area contributed by atoms with Gasteiger partial charge in [-0.1, -0.05) is 17.4 Å². The molecule has 3 aromatic heterocycles. The highest BCUT2D eigenvalue weighted by Gasteiger charge is 2.15. The Bertz CT molecular complexity index is 1280. The SMILES string of the molecule is CCNC(=O)Nc1nc2cc(-c3ccc(CC(C)=O)nc3)cc(-c3ccc(N)cn3)c2s1. The fraction of sp³-hybridized carbons (Fsp3) is 0.174. The molecule has 0 fully saturated rings. The highest BCUT2D eigenvalue weighted by molar-refractivity contribution is 7.22. The number of ketones is 1. The lowest BCUT2D eigenvalue weighted by atomic mass is 10.0. The molecule has 0 radical (unpaired) electrons. The van der Waals surface area contributed by atoms with Gasteiger partial charge >= 0.3 is 6.03 Å². The number of nitrogen functional groups attached to an aromatic ring is 1. The quantitative estimate of drug-likeness (QED) is 0.406. The summed E-state index contributed by atoms with van der Waals surface area (Å²) < 4.78 is 0.902. The van der Waals surface area contributed by atoms with Crippen LogP contribution in [0.25, 0.3) is 32.6 Å². The minimum Gasteiger partial charge on any atom is -0.397 e. The average Bonchev–Trinajstić information content (AvgIpc) is 3.16. The molecule has 0 aliphatic rings. The summed E-state index contributed by atoms with van der Waals surface area (Å²) in [5.74, 6) is 0.0676. The Morgan fingerprint density at radius 2 is 1.91 bits per heavy atom. The van der Waals surface area contributed by atoms with Crippen molar-refractivity contribution >= 4 is 44.2 Å². The second-order valence-electron chi connectivity index (χ2n) is 7.27. The predicted molar refractivity (Wildman–Crippen MR) is 128 cm³/mol. The van der Waals surface area contributed by atoms with E-state index in [0.717, 1.165) is 38.3 Å². The first kappa shape index (κ1) is 21.4. The lowest BCUT2D eigenvalue weighted by Crippen LogP contribution is -2.28. The maximum Gasteiger partial charge on any atom is 0.321 e. The summed E-state index contributed by atoms with van der Waals surface area (Å²) in [4.78, 5) is 36.8. The van der Waals surface area contributed by atoms with Gasteiger partial charge in [-0.15, -0.1) is 0 Å². The van der Waals surface area contributed by atoms with E-state index >= 15 is 0 Å². The molecule has 0 bridgehead atoms.